The Kier molecular flexibility index (Phi) is 7.88. The van der Waals surface area contributed by atoms with Gasteiger partial charge in [0.2, 0.25) is 10.0 Å². The van der Waals surface area contributed by atoms with E-state index in [0.29, 0.717) is 28.5 Å². The third kappa shape index (κ3) is 6.39. The molecule has 1 heterocycles. The summed E-state index contributed by atoms with van der Waals surface area (Å²) in [5.74, 6) is 0.791. The summed E-state index contributed by atoms with van der Waals surface area (Å²) in [7, 11) is -0.00710. The smallest absolute Gasteiger partial charge is 0.241 e. The van der Waals surface area contributed by atoms with Crippen LogP contribution in [0.4, 0.5) is 5.69 Å². The van der Waals surface area contributed by atoms with Crippen LogP contribution < -0.4 is 20.1 Å². The van der Waals surface area contributed by atoms with Gasteiger partial charge in [-0.3, -0.25) is 0 Å². The molecule has 1 aliphatic rings. The predicted molar refractivity (Wildman–Crippen MR) is 129 cm³/mol. The normalized spacial score (nSPS) is 14.1. The highest BCUT2D eigenvalue weighted by Gasteiger charge is 2.26. The van der Waals surface area contributed by atoms with Gasteiger partial charge in [-0.25, -0.2) is 13.6 Å². The zero-order valence-corrected chi connectivity index (χ0v) is 19.6. The van der Waals surface area contributed by atoms with Crippen LogP contribution in [0, 0.1) is 0 Å². The summed E-state index contributed by atoms with van der Waals surface area (Å²) in [5, 5.41) is 8.84. The molecule has 9 heteroatoms. The molecular formula is C22H30N4O3S2. The topological polar surface area (TPSA) is 87.9 Å². The number of nitrogens with zero attached hydrogens (tertiary/aromatic N) is 2. The summed E-state index contributed by atoms with van der Waals surface area (Å²) in [6, 6.07) is 12.5. The van der Waals surface area contributed by atoms with Gasteiger partial charge in [-0.2, -0.15) is 0 Å². The molecule has 3 rings (SSSR count). The molecule has 0 bridgehead atoms. The number of thiocarbonyl (C=S) groups is 1. The van der Waals surface area contributed by atoms with Gasteiger partial charge in [0.1, 0.15) is 15.6 Å². The first-order valence-electron chi connectivity index (χ1n) is 10.4. The number of sulfonamides is 1. The molecule has 0 saturated carbocycles. The highest BCUT2D eigenvalue weighted by Crippen LogP contribution is 2.40. The van der Waals surface area contributed by atoms with Crippen LogP contribution in [0.5, 0.6) is 11.5 Å². The minimum atomic E-state index is -4.04. The maximum atomic E-state index is 12.5. The second-order valence-corrected chi connectivity index (χ2v) is 9.83. The Morgan fingerprint density at radius 2 is 1.87 bits per heavy atom. The summed E-state index contributed by atoms with van der Waals surface area (Å²) in [5.41, 5.74) is 1.31. The van der Waals surface area contributed by atoms with Crippen molar-refractivity contribution in [3.05, 3.63) is 48.0 Å². The number of primary sulfonamides is 1. The minimum Gasteiger partial charge on any atom is -0.454 e. The molecule has 0 radical (unpaired) electrons. The molecule has 0 aromatic heterocycles. The minimum absolute atomic E-state index is 0.0619. The van der Waals surface area contributed by atoms with Crippen molar-refractivity contribution < 1.29 is 13.2 Å². The van der Waals surface area contributed by atoms with E-state index >= 15 is 0 Å². The van der Waals surface area contributed by atoms with E-state index in [1.807, 2.05) is 38.4 Å². The van der Waals surface area contributed by atoms with E-state index in [1.165, 1.54) is 6.07 Å². The first kappa shape index (κ1) is 23.5. The average Bonchev–Trinajstić information content (AvgIpc) is 3.25. The molecule has 0 spiro atoms. The molecule has 7 nitrogen and oxygen atoms in total. The fourth-order valence-electron chi connectivity index (χ4n) is 3.53. The molecule has 0 unspecified atom stereocenters. The van der Waals surface area contributed by atoms with Gasteiger partial charge in [0.15, 0.2) is 5.75 Å². The summed E-state index contributed by atoms with van der Waals surface area (Å²) in [6.45, 7) is 3.27. The number of hydrogen-bond acceptors (Lipinski definition) is 6. The van der Waals surface area contributed by atoms with Crippen LogP contribution in [0.15, 0.2) is 47.4 Å². The first-order valence-corrected chi connectivity index (χ1v) is 12.3. The lowest BCUT2D eigenvalue weighted by atomic mass is 10.1. The van der Waals surface area contributed by atoms with Gasteiger partial charge in [-0.05, 0) is 64.2 Å². The van der Waals surface area contributed by atoms with E-state index in [9.17, 15) is 8.42 Å². The van der Waals surface area contributed by atoms with Crippen LogP contribution in [0.3, 0.4) is 0 Å². The fourth-order valence-corrected chi connectivity index (χ4v) is 4.45. The number of ether oxygens (including phenoxy) is 1. The van der Waals surface area contributed by atoms with Crippen molar-refractivity contribution in [2.45, 2.75) is 24.2 Å². The van der Waals surface area contributed by atoms with Gasteiger partial charge in [0.25, 0.3) is 0 Å². The van der Waals surface area contributed by atoms with Crippen molar-refractivity contribution in [2.24, 2.45) is 5.14 Å². The van der Waals surface area contributed by atoms with E-state index in [-0.39, 0.29) is 10.6 Å². The second-order valence-electron chi connectivity index (χ2n) is 7.89. The Labute approximate surface area is 190 Å². The number of nitrogens with one attached hydrogen (secondary N) is 1. The largest absolute Gasteiger partial charge is 0.454 e. The monoisotopic (exact) mass is 462 g/mol. The molecule has 1 fully saturated rings. The Bertz CT molecular complexity index is 1000. The highest BCUT2D eigenvalue weighted by atomic mass is 32.2. The van der Waals surface area contributed by atoms with E-state index < -0.39 is 10.0 Å². The maximum absolute atomic E-state index is 12.5. The molecule has 1 aliphatic heterocycles. The van der Waals surface area contributed by atoms with E-state index in [4.69, 9.17) is 22.1 Å². The third-order valence-corrected chi connectivity index (χ3v) is 6.38. The van der Waals surface area contributed by atoms with Crippen molar-refractivity contribution in [2.75, 3.05) is 45.2 Å². The van der Waals surface area contributed by atoms with Crippen LogP contribution in [0.2, 0.25) is 0 Å². The molecule has 0 amide bonds. The number of nitrogens with two attached hydrogens (primary N) is 1. The van der Waals surface area contributed by atoms with Gasteiger partial charge in [0, 0.05) is 25.2 Å². The lowest BCUT2D eigenvalue weighted by Gasteiger charge is -2.24. The maximum Gasteiger partial charge on any atom is 0.241 e. The van der Waals surface area contributed by atoms with Crippen LogP contribution in [-0.4, -0.2) is 58.6 Å². The lowest BCUT2D eigenvalue weighted by Crippen LogP contribution is -2.27. The molecule has 2 aromatic carbocycles. The number of para-hydroxylation sites is 1. The van der Waals surface area contributed by atoms with E-state index in [0.717, 1.165) is 38.9 Å². The predicted octanol–water partition coefficient (Wildman–Crippen LogP) is 2.94. The molecule has 168 valence electrons. The van der Waals surface area contributed by atoms with E-state index in [1.54, 1.807) is 12.1 Å². The molecule has 0 atom stereocenters. The summed E-state index contributed by atoms with van der Waals surface area (Å²) in [4.78, 5) is 4.67. The number of rotatable bonds is 9. The number of hydrogen-bond donors (Lipinski definition) is 2. The molecule has 3 N–H and O–H groups in total. The van der Waals surface area contributed by atoms with Gasteiger partial charge >= 0.3 is 0 Å². The quantitative estimate of drug-likeness (QED) is 0.438. The Morgan fingerprint density at radius 1 is 1.19 bits per heavy atom. The SMILES string of the molecule is CN(C)CCCNC(=S)c1cc(N2CCCC2)c(Oc2ccccc2)c(S(N)(=O)=O)c1. The van der Waals surface area contributed by atoms with Crippen molar-refractivity contribution in [1.29, 1.82) is 0 Å². The lowest BCUT2D eigenvalue weighted by molar-refractivity contribution is 0.400. The zero-order chi connectivity index (χ0) is 22.4. The number of anilines is 1. The summed E-state index contributed by atoms with van der Waals surface area (Å²) >= 11 is 5.57. The third-order valence-electron chi connectivity index (χ3n) is 5.08. The molecular weight excluding hydrogens is 432 g/mol. The average molecular weight is 463 g/mol. The Morgan fingerprint density at radius 3 is 2.48 bits per heavy atom. The standard InChI is InChI=1S/C22H30N4O3S2/c1-25(2)12-8-11-24-22(30)17-15-19(26-13-6-7-14-26)21(20(16-17)31(23,27)28)29-18-9-4-3-5-10-18/h3-5,9-10,15-16H,6-8,11-14H2,1-2H3,(H,24,30)(H2,23,27,28). The van der Waals surface area contributed by atoms with Crippen molar-refractivity contribution >= 4 is 32.9 Å². The van der Waals surface area contributed by atoms with Gasteiger partial charge in [-0.1, -0.05) is 30.4 Å². The summed E-state index contributed by atoms with van der Waals surface area (Å²) in [6.07, 6.45) is 2.99. The van der Waals surface area contributed by atoms with Gasteiger partial charge in [0.05, 0.1) is 5.69 Å². The molecule has 2 aromatic rings. The molecule has 0 aliphatic carbocycles. The Hall–Kier alpha value is -2.20. The van der Waals surface area contributed by atoms with Crippen LogP contribution >= 0.6 is 12.2 Å². The zero-order valence-electron chi connectivity index (χ0n) is 18.0. The highest BCUT2D eigenvalue weighted by molar-refractivity contribution is 7.89. The molecule has 31 heavy (non-hydrogen) atoms. The molecule has 1 saturated heterocycles. The van der Waals surface area contributed by atoms with Crippen LogP contribution in [-0.2, 0) is 10.0 Å². The first-order chi connectivity index (χ1) is 14.8. The van der Waals surface area contributed by atoms with Crippen molar-refractivity contribution in [3.63, 3.8) is 0 Å². The summed E-state index contributed by atoms with van der Waals surface area (Å²) < 4.78 is 31.1. The van der Waals surface area contributed by atoms with Crippen LogP contribution in [0.25, 0.3) is 0 Å². The fraction of sp³-hybridized carbons (Fsp3) is 0.409. The van der Waals surface area contributed by atoms with Crippen molar-refractivity contribution in [1.82, 2.24) is 10.2 Å². The number of benzene rings is 2. The second kappa shape index (κ2) is 10.4. The van der Waals surface area contributed by atoms with Crippen molar-refractivity contribution in [3.8, 4) is 11.5 Å². The van der Waals surface area contributed by atoms with Crippen LogP contribution in [0.1, 0.15) is 24.8 Å². The van der Waals surface area contributed by atoms with Gasteiger partial charge < -0.3 is 19.9 Å². The van der Waals surface area contributed by atoms with Gasteiger partial charge in [-0.15, -0.1) is 0 Å². The van der Waals surface area contributed by atoms with E-state index in [2.05, 4.69) is 15.1 Å². The Balaban J connectivity index is 2.00.